The van der Waals surface area contributed by atoms with Gasteiger partial charge in [-0.25, -0.2) is 0 Å². The minimum absolute atomic E-state index is 0.812. The van der Waals surface area contributed by atoms with Gasteiger partial charge in [0.15, 0.2) is 12.5 Å². The van der Waals surface area contributed by atoms with Crippen LogP contribution in [0.5, 0.6) is 0 Å². The second-order valence-corrected chi connectivity index (χ2v) is 12.1. The molecule has 0 bridgehead atoms. The monoisotopic (exact) mass is 580 g/mol. The second-order valence-electron chi connectivity index (χ2n) is 12.1. The number of hydrogen-bond acceptors (Lipinski definition) is 4. The molecule has 0 amide bonds. The molecule has 0 aromatic heterocycles. The summed E-state index contributed by atoms with van der Waals surface area (Å²) in [7, 11) is 0. The lowest BCUT2D eigenvalue weighted by atomic mass is 9.90. The minimum atomic E-state index is -0.912. The lowest BCUT2D eigenvalue weighted by molar-refractivity contribution is 0.206. The van der Waals surface area contributed by atoms with Crippen molar-refractivity contribution >= 4 is 32.9 Å². The van der Waals surface area contributed by atoms with Gasteiger partial charge in [-0.3, -0.25) is 0 Å². The maximum atomic E-state index is 11.7. The molecule has 0 aliphatic rings. The zero-order valence-corrected chi connectivity index (χ0v) is 26.3. The van der Waals surface area contributed by atoms with Crippen LogP contribution in [0.25, 0.3) is 32.7 Å². The summed E-state index contributed by atoms with van der Waals surface area (Å²) in [5.41, 5.74) is 11.8. The van der Waals surface area contributed by atoms with E-state index in [1.165, 1.54) is 11.1 Å². The van der Waals surface area contributed by atoms with Gasteiger partial charge in [0, 0.05) is 33.6 Å². The third-order valence-corrected chi connectivity index (χ3v) is 8.72. The first-order valence-electron chi connectivity index (χ1n) is 15.2. The average molecular weight is 581 g/mol. The fraction of sp³-hybridized carbons (Fsp3) is 0.200. The molecule has 6 rings (SSSR count). The first-order chi connectivity index (χ1) is 21.1. The topological polar surface area (TPSA) is 64.5 Å². The highest BCUT2D eigenvalue weighted by Gasteiger charge is 2.22. The Bertz CT molecular complexity index is 1830. The summed E-state index contributed by atoms with van der Waals surface area (Å²) in [6.45, 7) is 12.3. The SMILES string of the molecule is Cc1cc(C)c(C(O)Nc2ccc3ccccc3c2-c2c(NC(O)c3c(C)cc(C)cc3C)ccc3ccccc23)c(C)c1. The lowest BCUT2D eigenvalue weighted by Crippen LogP contribution is -2.15. The smallest absolute Gasteiger partial charge is 0.151 e. The molecule has 0 saturated carbocycles. The quantitative estimate of drug-likeness (QED) is 0.142. The number of rotatable bonds is 7. The number of aryl methyl sites for hydroxylation is 6. The second kappa shape index (κ2) is 11.8. The number of aliphatic hydroxyl groups is 2. The van der Waals surface area contributed by atoms with Crippen LogP contribution in [0.1, 0.15) is 57.0 Å². The molecule has 2 unspecified atom stereocenters. The zero-order chi connectivity index (χ0) is 31.1. The molecule has 0 spiro atoms. The van der Waals surface area contributed by atoms with Gasteiger partial charge in [0.25, 0.3) is 0 Å². The van der Waals surface area contributed by atoms with Crippen LogP contribution < -0.4 is 10.6 Å². The van der Waals surface area contributed by atoms with Crippen molar-refractivity contribution in [2.45, 2.75) is 54.0 Å². The molecule has 0 radical (unpaired) electrons. The predicted octanol–water partition coefficient (Wildman–Crippen LogP) is 9.72. The maximum Gasteiger partial charge on any atom is 0.151 e. The van der Waals surface area contributed by atoms with Crippen LogP contribution in [0, 0.1) is 41.5 Å². The lowest BCUT2D eigenvalue weighted by Gasteiger charge is -2.26. The predicted molar refractivity (Wildman–Crippen MR) is 185 cm³/mol. The van der Waals surface area contributed by atoms with Crippen LogP contribution in [0.15, 0.2) is 97.1 Å². The highest BCUT2D eigenvalue weighted by molar-refractivity contribution is 6.13. The van der Waals surface area contributed by atoms with Crippen molar-refractivity contribution in [3.63, 3.8) is 0 Å². The number of anilines is 2. The number of hydrogen-bond donors (Lipinski definition) is 4. The van der Waals surface area contributed by atoms with Crippen LogP contribution >= 0.6 is 0 Å². The molecule has 222 valence electrons. The third-order valence-electron chi connectivity index (χ3n) is 8.72. The molecular formula is C40H40N2O2. The Hall–Kier alpha value is -4.64. The Kier molecular flexibility index (Phi) is 7.89. The molecule has 0 fully saturated rings. The van der Waals surface area contributed by atoms with E-state index in [0.29, 0.717) is 0 Å². The van der Waals surface area contributed by atoms with E-state index >= 15 is 0 Å². The first-order valence-corrected chi connectivity index (χ1v) is 15.2. The van der Waals surface area contributed by atoms with Crippen LogP contribution in [-0.4, -0.2) is 10.2 Å². The maximum absolute atomic E-state index is 11.7. The largest absolute Gasteiger partial charge is 0.369 e. The van der Waals surface area contributed by atoms with Gasteiger partial charge < -0.3 is 20.8 Å². The molecule has 6 aromatic rings. The van der Waals surface area contributed by atoms with Gasteiger partial charge in [-0.1, -0.05) is 96.1 Å². The summed E-state index contributed by atoms with van der Waals surface area (Å²) in [6, 6.07) is 33.4. The molecule has 6 aromatic carbocycles. The molecular weight excluding hydrogens is 540 g/mol. The van der Waals surface area contributed by atoms with Gasteiger partial charge in [-0.2, -0.15) is 0 Å². The van der Waals surface area contributed by atoms with Gasteiger partial charge in [0.1, 0.15) is 0 Å². The molecule has 0 aliphatic carbocycles. The molecule has 4 nitrogen and oxygen atoms in total. The highest BCUT2D eigenvalue weighted by Crippen LogP contribution is 2.45. The Labute approximate surface area is 260 Å². The fourth-order valence-corrected chi connectivity index (χ4v) is 7.01. The van der Waals surface area contributed by atoms with E-state index in [9.17, 15) is 10.2 Å². The van der Waals surface area contributed by atoms with E-state index in [4.69, 9.17) is 0 Å². The standard InChI is InChI=1S/C40H40N2O2/c1-23-19-25(3)35(26(4)20-23)39(43)41-33-17-15-29-11-7-9-13-31(29)37(33)38-32-14-10-8-12-30(32)16-18-34(38)42-40(44)36-27(5)21-24(2)22-28(36)6/h7-22,39-44H,1-6H3. The van der Waals surface area contributed by atoms with Crippen molar-refractivity contribution < 1.29 is 10.2 Å². The van der Waals surface area contributed by atoms with Crippen LogP contribution in [0.4, 0.5) is 11.4 Å². The van der Waals surface area contributed by atoms with Crippen LogP contribution in [0.2, 0.25) is 0 Å². The molecule has 0 heterocycles. The molecule has 44 heavy (non-hydrogen) atoms. The van der Waals surface area contributed by atoms with Crippen molar-refractivity contribution in [1.29, 1.82) is 0 Å². The van der Waals surface area contributed by atoms with Gasteiger partial charge in [-0.15, -0.1) is 0 Å². The van der Waals surface area contributed by atoms with Crippen LogP contribution in [-0.2, 0) is 0 Å². The van der Waals surface area contributed by atoms with Crippen molar-refractivity contribution in [3.05, 3.63) is 142 Å². The van der Waals surface area contributed by atoms with E-state index < -0.39 is 12.5 Å². The zero-order valence-electron chi connectivity index (χ0n) is 26.3. The van der Waals surface area contributed by atoms with E-state index in [1.54, 1.807) is 0 Å². The first kappa shape index (κ1) is 29.4. The number of nitrogens with one attached hydrogen (secondary N) is 2. The normalized spacial score (nSPS) is 12.8. The fourth-order valence-electron chi connectivity index (χ4n) is 7.01. The average Bonchev–Trinajstić information content (AvgIpc) is 2.96. The third kappa shape index (κ3) is 5.43. The van der Waals surface area contributed by atoms with E-state index in [2.05, 4.69) is 97.3 Å². The summed E-state index contributed by atoms with van der Waals surface area (Å²) in [5.74, 6) is 0. The van der Waals surface area contributed by atoms with Crippen molar-refractivity contribution in [3.8, 4) is 11.1 Å². The number of aliphatic hydroxyl groups excluding tert-OH is 2. The number of fused-ring (bicyclic) bond motifs is 2. The van der Waals surface area contributed by atoms with Crippen molar-refractivity contribution in [1.82, 2.24) is 0 Å². The molecule has 0 aliphatic heterocycles. The summed E-state index contributed by atoms with van der Waals surface area (Å²) >= 11 is 0. The van der Waals surface area contributed by atoms with E-state index in [-0.39, 0.29) is 0 Å². The van der Waals surface area contributed by atoms with Crippen molar-refractivity contribution in [2.75, 3.05) is 10.6 Å². The van der Waals surface area contributed by atoms with E-state index in [1.807, 2.05) is 52.0 Å². The highest BCUT2D eigenvalue weighted by atomic mass is 16.3. The number of benzene rings is 6. The Morgan fingerprint density at radius 1 is 0.455 bits per heavy atom. The van der Waals surface area contributed by atoms with Crippen molar-refractivity contribution in [2.24, 2.45) is 0 Å². The minimum Gasteiger partial charge on any atom is -0.369 e. The van der Waals surface area contributed by atoms with Gasteiger partial charge in [0.2, 0.25) is 0 Å². The van der Waals surface area contributed by atoms with Gasteiger partial charge in [0.05, 0.1) is 0 Å². The van der Waals surface area contributed by atoms with Gasteiger partial charge >= 0.3 is 0 Å². The Morgan fingerprint density at radius 3 is 1.16 bits per heavy atom. The van der Waals surface area contributed by atoms with E-state index in [0.717, 1.165) is 77.4 Å². The molecule has 4 N–H and O–H groups in total. The molecule has 0 saturated heterocycles. The van der Waals surface area contributed by atoms with Crippen LogP contribution in [0.3, 0.4) is 0 Å². The summed E-state index contributed by atoms with van der Waals surface area (Å²) < 4.78 is 0. The summed E-state index contributed by atoms with van der Waals surface area (Å²) in [4.78, 5) is 0. The summed E-state index contributed by atoms with van der Waals surface area (Å²) in [6.07, 6.45) is -1.82. The Morgan fingerprint density at radius 2 is 0.795 bits per heavy atom. The summed E-state index contributed by atoms with van der Waals surface area (Å²) in [5, 5.41) is 34.6. The Balaban J connectivity index is 1.57. The molecule has 2 atom stereocenters. The molecule has 4 heteroatoms. The van der Waals surface area contributed by atoms with Gasteiger partial charge in [-0.05, 0) is 97.5 Å².